The standard InChI is InChI=1S/C43H37NO2S2/c1-42(2)25-45-41(46-26-42)38-23-21-36(48-38)35-20-22-37(47-35)39-31-15-9-11-17-34(31)44(40(39)27-12-6-5-7-13-27)28-18-19-30-29-14-8-10-16-32(29)43(3,4)33(30)24-28/h5-24,41H,25-26H2,1-4H3. The van der Waals surface area contributed by atoms with Crippen molar-refractivity contribution in [3.8, 4) is 48.3 Å². The predicted molar refractivity (Wildman–Crippen MR) is 201 cm³/mol. The van der Waals surface area contributed by atoms with E-state index in [9.17, 15) is 0 Å². The van der Waals surface area contributed by atoms with Gasteiger partial charge in [-0.15, -0.1) is 22.7 Å². The molecular weight excluding hydrogens is 627 g/mol. The third-order valence-electron chi connectivity index (χ3n) is 9.95. The Morgan fingerprint density at radius 1 is 0.625 bits per heavy atom. The number of ether oxygens (including phenoxy) is 2. The number of benzene rings is 4. The summed E-state index contributed by atoms with van der Waals surface area (Å²) >= 11 is 3.63. The Bertz CT molecular complexity index is 2310. The van der Waals surface area contributed by atoms with Crippen LogP contribution in [0.25, 0.3) is 59.2 Å². The van der Waals surface area contributed by atoms with E-state index < -0.39 is 0 Å². The molecule has 0 saturated carbocycles. The van der Waals surface area contributed by atoms with E-state index in [0.29, 0.717) is 13.2 Å². The molecule has 4 heterocycles. The van der Waals surface area contributed by atoms with Crippen molar-refractivity contribution in [3.63, 3.8) is 0 Å². The zero-order valence-corrected chi connectivity index (χ0v) is 29.3. The number of para-hydroxylation sites is 1. The number of aromatic nitrogens is 1. The number of fused-ring (bicyclic) bond motifs is 4. The molecule has 7 aromatic rings. The summed E-state index contributed by atoms with van der Waals surface area (Å²) in [4.78, 5) is 4.88. The van der Waals surface area contributed by atoms with Gasteiger partial charge in [0.25, 0.3) is 0 Å². The van der Waals surface area contributed by atoms with Crippen molar-refractivity contribution in [2.75, 3.05) is 13.2 Å². The molecule has 4 aromatic carbocycles. The minimum Gasteiger partial charge on any atom is -0.347 e. The highest BCUT2D eigenvalue weighted by molar-refractivity contribution is 7.24. The van der Waals surface area contributed by atoms with Crippen LogP contribution in [0, 0.1) is 5.41 Å². The van der Waals surface area contributed by atoms with Crippen molar-refractivity contribution < 1.29 is 9.47 Å². The predicted octanol–water partition coefficient (Wildman–Crippen LogP) is 12.1. The maximum absolute atomic E-state index is 6.11. The van der Waals surface area contributed by atoms with E-state index in [2.05, 4.69) is 154 Å². The van der Waals surface area contributed by atoms with Gasteiger partial charge in [0, 0.05) is 42.1 Å². The van der Waals surface area contributed by atoms with Crippen molar-refractivity contribution >= 4 is 33.6 Å². The maximum atomic E-state index is 6.11. The number of nitrogens with zero attached hydrogens (tertiary/aromatic N) is 1. The van der Waals surface area contributed by atoms with Crippen LogP contribution in [-0.2, 0) is 14.9 Å². The van der Waals surface area contributed by atoms with Crippen LogP contribution in [0.15, 0.2) is 121 Å². The van der Waals surface area contributed by atoms with E-state index in [1.807, 2.05) is 11.3 Å². The van der Waals surface area contributed by atoms with E-state index in [1.165, 1.54) is 70.3 Å². The van der Waals surface area contributed by atoms with Gasteiger partial charge in [-0.25, -0.2) is 0 Å². The average molecular weight is 664 g/mol. The average Bonchev–Trinajstić information content (AvgIpc) is 3.89. The molecular formula is C43H37NO2S2. The Labute approximate surface area is 290 Å². The molecule has 3 aromatic heterocycles. The molecule has 238 valence electrons. The molecule has 48 heavy (non-hydrogen) atoms. The minimum atomic E-state index is -0.288. The molecule has 2 aliphatic rings. The van der Waals surface area contributed by atoms with Crippen molar-refractivity contribution in [2.45, 2.75) is 39.4 Å². The lowest BCUT2D eigenvalue weighted by molar-refractivity contribution is -0.224. The summed E-state index contributed by atoms with van der Waals surface area (Å²) in [5, 5.41) is 1.26. The summed E-state index contributed by atoms with van der Waals surface area (Å²) < 4.78 is 14.7. The fourth-order valence-corrected chi connectivity index (χ4v) is 9.69. The van der Waals surface area contributed by atoms with E-state index in [1.54, 1.807) is 11.3 Å². The molecule has 0 spiro atoms. The number of rotatable bonds is 5. The molecule has 0 N–H and O–H groups in total. The second-order valence-electron chi connectivity index (χ2n) is 14.3. The number of hydrogen-bond acceptors (Lipinski definition) is 4. The summed E-state index contributed by atoms with van der Waals surface area (Å²) in [5.41, 5.74) is 11.5. The van der Waals surface area contributed by atoms with Crippen molar-refractivity contribution in [1.29, 1.82) is 0 Å². The summed E-state index contributed by atoms with van der Waals surface area (Å²) in [7, 11) is 0. The first-order chi connectivity index (χ1) is 23.3. The van der Waals surface area contributed by atoms with Gasteiger partial charge in [0.2, 0.25) is 0 Å². The van der Waals surface area contributed by atoms with Crippen LogP contribution in [0.4, 0.5) is 0 Å². The van der Waals surface area contributed by atoms with Gasteiger partial charge in [-0.1, -0.05) is 107 Å². The van der Waals surface area contributed by atoms with Crippen LogP contribution in [-0.4, -0.2) is 17.8 Å². The molecule has 0 atom stereocenters. The molecule has 1 aliphatic carbocycles. The first-order valence-corrected chi connectivity index (χ1v) is 18.3. The van der Waals surface area contributed by atoms with Crippen LogP contribution in [0.2, 0.25) is 0 Å². The van der Waals surface area contributed by atoms with Gasteiger partial charge in [-0.3, -0.25) is 0 Å². The van der Waals surface area contributed by atoms with Crippen molar-refractivity contribution in [3.05, 3.63) is 137 Å². The molecule has 5 heteroatoms. The molecule has 3 nitrogen and oxygen atoms in total. The fraction of sp³-hybridized carbons (Fsp3) is 0.209. The molecule has 1 saturated heterocycles. The quantitative estimate of drug-likeness (QED) is 0.183. The van der Waals surface area contributed by atoms with Crippen LogP contribution in [0.1, 0.15) is 50.0 Å². The van der Waals surface area contributed by atoms with E-state index in [4.69, 9.17) is 9.47 Å². The Hall–Kier alpha value is -4.26. The Morgan fingerprint density at radius 2 is 1.29 bits per heavy atom. The molecule has 0 unspecified atom stereocenters. The third-order valence-corrected chi connectivity index (χ3v) is 12.4. The Balaban J connectivity index is 1.19. The lowest BCUT2D eigenvalue weighted by Gasteiger charge is -2.34. The summed E-state index contributed by atoms with van der Waals surface area (Å²) in [6.45, 7) is 10.5. The maximum Gasteiger partial charge on any atom is 0.193 e. The van der Waals surface area contributed by atoms with Gasteiger partial charge >= 0.3 is 0 Å². The summed E-state index contributed by atoms with van der Waals surface area (Å²) in [6, 6.07) is 44.7. The van der Waals surface area contributed by atoms with Crippen LogP contribution in [0.3, 0.4) is 0 Å². The first kappa shape index (κ1) is 29.8. The zero-order chi connectivity index (χ0) is 32.6. The van der Waals surface area contributed by atoms with Gasteiger partial charge < -0.3 is 14.0 Å². The van der Waals surface area contributed by atoms with Gasteiger partial charge in [0.05, 0.1) is 29.3 Å². The van der Waals surface area contributed by atoms with Crippen LogP contribution < -0.4 is 0 Å². The SMILES string of the molecule is CC1(C)COC(c2ccc(-c3ccc(-c4c(-c5ccccc5)n(-c5ccc6c(c5)C(C)(C)c5ccccc5-6)c5ccccc45)s3)s2)OC1. The second-order valence-corrected chi connectivity index (χ2v) is 16.5. The molecule has 0 bridgehead atoms. The van der Waals surface area contributed by atoms with Gasteiger partial charge in [0.15, 0.2) is 6.29 Å². The molecule has 9 rings (SSSR count). The van der Waals surface area contributed by atoms with E-state index in [-0.39, 0.29) is 17.1 Å². The zero-order valence-electron chi connectivity index (χ0n) is 27.6. The topological polar surface area (TPSA) is 23.4 Å². The van der Waals surface area contributed by atoms with Gasteiger partial charge in [-0.2, -0.15) is 0 Å². The molecule has 1 fully saturated rings. The highest BCUT2D eigenvalue weighted by Crippen LogP contribution is 2.51. The highest BCUT2D eigenvalue weighted by atomic mass is 32.1. The normalized spacial score (nSPS) is 16.7. The van der Waals surface area contributed by atoms with Gasteiger partial charge in [0.1, 0.15) is 0 Å². The fourth-order valence-electron chi connectivity index (χ4n) is 7.53. The Morgan fingerprint density at radius 3 is 2.12 bits per heavy atom. The number of hydrogen-bond donors (Lipinski definition) is 0. The monoisotopic (exact) mass is 663 g/mol. The third kappa shape index (κ3) is 4.75. The summed E-state index contributed by atoms with van der Waals surface area (Å²) in [5.74, 6) is 0. The minimum absolute atomic E-state index is 0.0515. The second kappa shape index (κ2) is 11.1. The molecule has 0 amide bonds. The number of thiophene rings is 2. The summed E-state index contributed by atoms with van der Waals surface area (Å²) in [6.07, 6.45) is -0.288. The van der Waals surface area contributed by atoms with Crippen LogP contribution in [0.5, 0.6) is 0 Å². The highest BCUT2D eigenvalue weighted by Gasteiger charge is 2.36. The first-order valence-electron chi connectivity index (χ1n) is 16.7. The van der Waals surface area contributed by atoms with E-state index >= 15 is 0 Å². The smallest absolute Gasteiger partial charge is 0.193 e. The van der Waals surface area contributed by atoms with Crippen molar-refractivity contribution in [1.82, 2.24) is 4.57 Å². The van der Waals surface area contributed by atoms with E-state index in [0.717, 1.165) is 4.88 Å². The molecule has 1 aliphatic heterocycles. The molecule has 0 radical (unpaired) electrons. The lowest BCUT2D eigenvalue weighted by Crippen LogP contribution is -2.33. The van der Waals surface area contributed by atoms with Crippen molar-refractivity contribution in [2.24, 2.45) is 5.41 Å². The largest absolute Gasteiger partial charge is 0.347 e. The lowest BCUT2D eigenvalue weighted by atomic mass is 9.82. The Kier molecular flexibility index (Phi) is 6.93. The van der Waals surface area contributed by atoms with Gasteiger partial charge in [-0.05, 0) is 70.3 Å². The van der Waals surface area contributed by atoms with Crippen LogP contribution >= 0.6 is 22.7 Å².